The Labute approximate surface area is 86.8 Å². The Morgan fingerprint density at radius 3 is 2.46 bits per heavy atom. The fraction of sp³-hybridized carbons (Fsp3) is 0.182. The van der Waals surface area contributed by atoms with E-state index >= 15 is 0 Å². The molecule has 0 unspecified atom stereocenters. The van der Waals surface area contributed by atoms with Gasteiger partial charge in [-0.3, -0.25) is 0 Å². The molecule has 0 aliphatic carbocycles. The second kappa shape index (κ2) is 4.84. The highest BCUT2D eigenvalue weighted by Crippen LogP contribution is 2.16. The molecule has 0 saturated heterocycles. The van der Waals surface area contributed by atoms with Crippen molar-refractivity contribution >= 4 is 21.5 Å². The molecule has 0 aromatic heterocycles. The summed E-state index contributed by atoms with van der Waals surface area (Å²) in [5.74, 6) is 0. The molecule has 0 radical (unpaired) electrons. The van der Waals surface area contributed by atoms with Gasteiger partial charge in [-0.25, -0.2) is 0 Å². The minimum absolute atomic E-state index is 0.703. The highest BCUT2D eigenvalue weighted by molar-refractivity contribution is 9.09. The van der Waals surface area contributed by atoms with Crippen LogP contribution in [0.15, 0.2) is 30.3 Å². The van der Waals surface area contributed by atoms with E-state index in [0.717, 1.165) is 5.33 Å². The van der Waals surface area contributed by atoms with Crippen LogP contribution >= 0.6 is 15.9 Å². The van der Waals surface area contributed by atoms with Gasteiger partial charge in [-0.2, -0.15) is 5.26 Å². The molecular formula is C11H10BrN. The van der Waals surface area contributed by atoms with E-state index < -0.39 is 0 Å². The van der Waals surface area contributed by atoms with Gasteiger partial charge < -0.3 is 0 Å². The van der Waals surface area contributed by atoms with E-state index in [1.54, 1.807) is 0 Å². The van der Waals surface area contributed by atoms with Crippen molar-refractivity contribution in [1.29, 1.82) is 5.26 Å². The predicted molar refractivity (Wildman–Crippen MR) is 58.6 cm³/mol. The summed E-state index contributed by atoms with van der Waals surface area (Å²) in [7, 11) is 0. The zero-order valence-electron chi connectivity index (χ0n) is 7.42. The summed E-state index contributed by atoms with van der Waals surface area (Å²) in [6.45, 7) is 2.01. The standard InChI is InChI=1S/C11H10BrN/c1-2-10(7-12)11-5-3-9(8-13)4-6-11/h2-6H,7H2,1H3. The van der Waals surface area contributed by atoms with Crippen LogP contribution < -0.4 is 0 Å². The van der Waals surface area contributed by atoms with Gasteiger partial charge in [0.25, 0.3) is 0 Å². The molecule has 0 bridgehead atoms. The van der Waals surface area contributed by atoms with Crippen LogP contribution in [0.5, 0.6) is 0 Å². The number of nitrogens with zero attached hydrogens (tertiary/aromatic N) is 1. The van der Waals surface area contributed by atoms with Crippen molar-refractivity contribution in [2.24, 2.45) is 0 Å². The average molecular weight is 236 g/mol. The van der Waals surface area contributed by atoms with E-state index in [9.17, 15) is 0 Å². The molecular weight excluding hydrogens is 226 g/mol. The quantitative estimate of drug-likeness (QED) is 0.722. The maximum atomic E-state index is 8.61. The van der Waals surface area contributed by atoms with Crippen molar-refractivity contribution in [3.05, 3.63) is 41.5 Å². The van der Waals surface area contributed by atoms with Crippen LogP contribution in [0.4, 0.5) is 0 Å². The Morgan fingerprint density at radius 1 is 1.46 bits per heavy atom. The Morgan fingerprint density at radius 2 is 2.08 bits per heavy atom. The SMILES string of the molecule is CC=C(CBr)c1ccc(C#N)cc1. The van der Waals surface area contributed by atoms with Gasteiger partial charge in [0.1, 0.15) is 0 Å². The van der Waals surface area contributed by atoms with Crippen molar-refractivity contribution in [3.8, 4) is 6.07 Å². The van der Waals surface area contributed by atoms with E-state index in [0.29, 0.717) is 5.56 Å². The minimum atomic E-state index is 0.703. The van der Waals surface area contributed by atoms with Gasteiger partial charge in [-0.15, -0.1) is 0 Å². The van der Waals surface area contributed by atoms with E-state index in [1.165, 1.54) is 11.1 Å². The summed E-state index contributed by atoms with van der Waals surface area (Å²) in [4.78, 5) is 0. The summed E-state index contributed by atoms with van der Waals surface area (Å²) in [6, 6.07) is 9.70. The summed E-state index contributed by atoms with van der Waals surface area (Å²) >= 11 is 3.42. The molecule has 0 heterocycles. The van der Waals surface area contributed by atoms with E-state index in [-0.39, 0.29) is 0 Å². The third-order valence-corrected chi connectivity index (χ3v) is 2.48. The Kier molecular flexibility index (Phi) is 3.72. The molecule has 13 heavy (non-hydrogen) atoms. The lowest BCUT2D eigenvalue weighted by molar-refractivity contribution is 1.47. The lowest BCUT2D eigenvalue weighted by Crippen LogP contribution is -1.85. The summed E-state index contributed by atoms with van der Waals surface area (Å²) in [5, 5.41) is 9.45. The number of hydrogen-bond acceptors (Lipinski definition) is 1. The van der Waals surface area contributed by atoms with Gasteiger partial charge in [0.15, 0.2) is 0 Å². The zero-order chi connectivity index (χ0) is 9.68. The normalized spacial score (nSPS) is 11.0. The Bertz CT molecular complexity index is 343. The van der Waals surface area contributed by atoms with Gasteiger partial charge in [-0.05, 0) is 30.2 Å². The minimum Gasteiger partial charge on any atom is -0.192 e. The van der Waals surface area contributed by atoms with E-state index in [2.05, 4.69) is 28.1 Å². The first-order valence-electron chi connectivity index (χ1n) is 4.03. The van der Waals surface area contributed by atoms with Gasteiger partial charge in [0.05, 0.1) is 11.6 Å². The second-order valence-corrected chi connectivity index (χ2v) is 3.20. The first kappa shape index (κ1) is 10.0. The Balaban J connectivity index is 2.99. The van der Waals surface area contributed by atoms with Crippen molar-refractivity contribution in [2.75, 3.05) is 5.33 Å². The largest absolute Gasteiger partial charge is 0.192 e. The zero-order valence-corrected chi connectivity index (χ0v) is 9.01. The number of hydrogen-bond donors (Lipinski definition) is 0. The molecule has 0 N–H and O–H groups in total. The molecule has 1 aromatic rings. The highest BCUT2D eigenvalue weighted by atomic mass is 79.9. The summed E-state index contributed by atoms with van der Waals surface area (Å²) < 4.78 is 0. The average Bonchev–Trinajstić information content (AvgIpc) is 2.21. The van der Waals surface area contributed by atoms with Crippen molar-refractivity contribution in [2.45, 2.75) is 6.92 Å². The van der Waals surface area contributed by atoms with Crippen LogP contribution in [-0.4, -0.2) is 5.33 Å². The maximum absolute atomic E-state index is 8.61. The van der Waals surface area contributed by atoms with Crippen LogP contribution in [0.1, 0.15) is 18.1 Å². The molecule has 0 fully saturated rings. The van der Waals surface area contributed by atoms with Crippen molar-refractivity contribution in [3.63, 3.8) is 0 Å². The molecule has 0 spiro atoms. The van der Waals surface area contributed by atoms with E-state index in [1.807, 2.05) is 31.2 Å². The molecule has 0 atom stereocenters. The molecule has 0 saturated carbocycles. The first-order valence-corrected chi connectivity index (χ1v) is 5.15. The van der Waals surface area contributed by atoms with Crippen LogP contribution in [0.2, 0.25) is 0 Å². The van der Waals surface area contributed by atoms with Crippen molar-refractivity contribution < 1.29 is 0 Å². The Hall–Kier alpha value is -1.07. The number of nitriles is 1. The molecule has 1 nitrogen and oxygen atoms in total. The van der Waals surface area contributed by atoms with Crippen LogP contribution in [0.25, 0.3) is 5.57 Å². The molecule has 0 aliphatic rings. The monoisotopic (exact) mass is 235 g/mol. The van der Waals surface area contributed by atoms with Crippen LogP contribution in [0.3, 0.4) is 0 Å². The molecule has 0 aliphatic heterocycles. The van der Waals surface area contributed by atoms with Gasteiger partial charge in [-0.1, -0.05) is 34.1 Å². The molecule has 0 amide bonds. The molecule has 1 aromatic carbocycles. The maximum Gasteiger partial charge on any atom is 0.0991 e. The van der Waals surface area contributed by atoms with Gasteiger partial charge >= 0.3 is 0 Å². The third-order valence-electron chi connectivity index (χ3n) is 1.88. The van der Waals surface area contributed by atoms with E-state index in [4.69, 9.17) is 5.26 Å². The molecule has 2 heteroatoms. The van der Waals surface area contributed by atoms with Gasteiger partial charge in [0, 0.05) is 5.33 Å². The number of halogens is 1. The number of rotatable bonds is 2. The predicted octanol–water partition coefficient (Wildman–Crippen LogP) is 3.36. The lowest BCUT2D eigenvalue weighted by Gasteiger charge is -2.02. The third kappa shape index (κ3) is 2.43. The summed E-state index contributed by atoms with van der Waals surface area (Å²) in [5.41, 5.74) is 3.11. The number of benzene rings is 1. The lowest BCUT2D eigenvalue weighted by atomic mass is 10.1. The smallest absolute Gasteiger partial charge is 0.0991 e. The number of alkyl halides is 1. The fourth-order valence-corrected chi connectivity index (χ4v) is 1.73. The van der Waals surface area contributed by atoms with Crippen molar-refractivity contribution in [1.82, 2.24) is 0 Å². The van der Waals surface area contributed by atoms with Crippen LogP contribution in [0, 0.1) is 11.3 Å². The fourth-order valence-electron chi connectivity index (χ4n) is 1.08. The van der Waals surface area contributed by atoms with Gasteiger partial charge in [0.2, 0.25) is 0 Å². The highest BCUT2D eigenvalue weighted by Gasteiger charge is 1.97. The first-order chi connectivity index (χ1) is 6.31. The summed E-state index contributed by atoms with van der Waals surface area (Å²) in [6.07, 6.45) is 2.07. The molecule has 1 rings (SSSR count). The topological polar surface area (TPSA) is 23.8 Å². The molecule has 66 valence electrons. The number of allylic oxidation sites excluding steroid dienone is 2. The second-order valence-electron chi connectivity index (χ2n) is 2.64. The van der Waals surface area contributed by atoms with Crippen LogP contribution in [-0.2, 0) is 0 Å².